The molecule has 0 aromatic rings. The maximum absolute atomic E-state index is 3.59. The topological polar surface area (TPSA) is 0 Å². The largest absolute Gasteiger partial charge is 0.0991 e. The van der Waals surface area contributed by atoms with Crippen molar-refractivity contribution in [2.24, 2.45) is 0 Å². The predicted octanol–water partition coefficient (Wildman–Crippen LogP) is 3.85. The lowest BCUT2D eigenvalue weighted by atomic mass is 10.2. The molecule has 0 rings (SSSR count). The van der Waals surface area contributed by atoms with Gasteiger partial charge in [0, 0.05) is 0 Å². The second-order valence-electron chi connectivity index (χ2n) is 1.96. The molecule has 0 amide bonds. The van der Waals surface area contributed by atoms with Gasteiger partial charge in [0.25, 0.3) is 0 Å². The van der Waals surface area contributed by atoms with Gasteiger partial charge in [-0.3, -0.25) is 0 Å². The number of hydrogen-bond acceptors (Lipinski definition) is 0. The van der Waals surface area contributed by atoms with E-state index in [1.807, 2.05) is 12.2 Å². The number of hydrogen-bond donors (Lipinski definition) is 0. The lowest BCUT2D eigenvalue weighted by Gasteiger charge is -1.86. The number of rotatable bonds is 5. The number of allylic oxidation sites excluding steroid dienone is 4. The molecule has 10 heavy (non-hydrogen) atoms. The fraction of sp³-hybridized carbons (Fsp3) is 0.333. The molecule has 0 spiro atoms. The van der Waals surface area contributed by atoms with Crippen LogP contribution < -0.4 is 0 Å². The van der Waals surface area contributed by atoms with E-state index in [1.54, 1.807) is 0 Å². The molecule has 0 fully saturated rings. The fourth-order valence-electron chi connectivity index (χ4n) is 0.609. The van der Waals surface area contributed by atoms with Crippen LogP contribution in [0.15, 0.2) is 35.0 Å². The van der Waals surface area contributed by atoms with Gasteiger partial charge in [-0.25, -0.2) is 0 Å². The Balaban J connectivity index is 3.04. The average molecular weight is 248 g/mol. The molecular weight excluding hydrogens is 235 g/mol. The van der Waals surface area contributed by atoms with Crippen LogP contribution in [0.2, 0.25) is 0 Å². The Morgan fingerprint density at radius 2 is 1.90 bits per heavy atom. The van der Waals surface area contributed by atoms with Gasteiger partial charge in [-0.2, -0.15) is 0 Å². The van der Waals surface area contributed by atoms with Crippen molar-refractivity contribution >= 4 is 22.6 Å². The molecule has 0 saturated heterocycles. The van der Waals surface area contributed by atoms with E-state index in [0.29, 0.717) is 0 Å². The summed E-state index contributed by atoms with van der Waals surface area (Å²) in [6.07, 6.45) is 11.7. The summed E-state index contributed by atoms with van der Waals surface area (Å²) < 4.78 is 2.06. The molecule has 0 nitrogen and oxygen atoms in total. The van der Waals surface area contributed by atoms with Crippen molar-refractivity contribution in [1.29, 1.82) is 0 Å². The van der Waals surface area contributed by atoms with Crippen LogP contribution in [0.25, 0.3) is 0 Å². The van der Waals surface area contributed by atoms with Crippen LogP contribution in [0.1, 0.15) is 19.3 Å². The molecular formula is C9H13I. The van der Waals surface area contributed by atoms with Crippen LogP contribution in [0.4, 0.5) is 0 Å². The third-order valence-electron chi connectivity index (χ3n) is 1.10. The normalized spacial score (nSPS) is 11.3. The molecule has 0 aliphatic carbocycles. The third kappa shape index (κ3) is 7.95. The summed E-state index contributed by atoms with van der Waals surface area (Å²) in [5.41, 5.74) is 0. The van der Waals surface area contributed by atoms with E-state index in [1.165, 1.54) is 12.8 Å². The van der Waals surface area contributed by atoms with E-state index in [2.05, 4.69) is 45.4 Å². The Kier molecular flexibility index (Phi) is 8.91. The highest BCUT2D eigenvalue weighted by molar-refractivity contribution is 14.1. The van der Waals surface area contributed by atoms with Crippen molar-refractivity contribution in [3.63, 3.8) is 0 Å². The molecule has 0 aromatic heterocycles. The van der Waals surface area contributed by atoms with Crippen molar-refractivity contribution in [2.45, 2.75) is 19.3 Å². The smallest absolute Gasteiger partial charge is 0.0274 e. The number of unbranched alkanes of at least 4 members (excludes halogenated alkanes) is 2. The van der Waals surface area contributed by atoms with Gasteiger partial charge in [0.2, 0.25) is 0 Å². The van der Waals surface area contributed by atoms with Crippen molar-refractivity contribution in [3.05, 3.63) is 35.0 Å². The van der Waals surface area contributed by atoms with Gasteiger partial charge in [-0.15, -0.1) is 0 Å². The van der Waals surface area contributed by atoms with Crippen LogP contribution in [-0.2, 0) is 0 Å². The molecule has 0 heterocycles. The minimum absolute atomic E-state index is 1.16. The fourth-order valence-corrected chi connectivity index (χ4v) is 0.969. The van der Waals surface area contributed by atoms with Crippen LogP contribution >= 0.6 is 22.6 Å². The van der Waals surface area contributed by atoms with E-state index in [4.69, 9.17) is 0 Å². The first kappa shape index (κ1) is 9.95. The highest BCUT2D eigenvalue weighted by atomic mass is 127. The summed E-state index contributed by atoms with van der Waals surface area (Å²) in [5, 5.41) is 0. The molecule has 0 atom stereocenters. The standard InChI is InChI=1S/C9H13I/c1-2-3-4-5-6-7-8-9-10/h2-4,8-9H,1,5-7H2/b4-3+,9-8-. The quantitative estimate of drug-likeness (QED) is 0.394. The van der Waals surface area contributed by atoms with Crippen molar-refractivity contribution in [1.82, 2.24) is 0 Å². The van der Waals surface area contributed by atoms with Crippen LogP contribution in [0.3, 0.4) is 0 Å². The molecule has 0 N–H and O–H groups in total. The van der Waals surface area contributed by atoms with E-state index in [9.17, 15) is 0 Å². The second kappa shape index (κ2) is 8.95. The van der Waals surface area contributed by atoms with Gasteiger partial charge < -0.3 is 0 Å². The van der Waals surface area contributed by atoms with Gasteiger partial charge in [0.1, 0.15) is 0 Å². The molecule has 0 saturated carbocycles. The SMILES string of the molecule is C=C/C=C/CCC/C=C\I. The Bertz CT molecular complexity index is 123. The van der Waals surface area contributed by atoms with E-state index in [0.717, 1.165) is 6.42 Å². The summed E-state index contributed by atoms with van der Waals surface area (Å²) in [4.78, 5) is 0. The van der Waals surface area contributed by atoms with Gasteiger partial charge in [0.15, 0.2) is 0 Å². The highest BCUT2D eigenvalue weighted by Gasteiger charge is 1.77. The Labute approximate surface area is 76.9 Å². The minimum Gasteiger partial charge on any atom is -0.0991 e. The molecule has 0 aliphatic heterocycles. The average Bonchev–Trinajstić information content (AvgIpc) is 1.97. The van der Waals surface area contributed by atoms with Gasteiger partial charge in [0.05, 0.1) is 0 Å². The summed E-state index contributed by atoms with van der Waals surface area (Å²) in [7, 11) is 0. The predicted molar refractivity (Wildman–Crippen MR) is 56.3 cm³/mol. The van der Waals surface area contributed by atoms with E-state index < -0.39 is 0 Å². The van der Waals surface area contributed by atoms with E-state index in [-0.39, 0.29) is 0 Å². The highest BCUT2D eigenvalue weighted by Crippen LogP contribution is 1.99. The number of halogens is 1. The van der Waals surface area contributed by atoms with Crippen LogP contribution in [0.5, 0.6) is 0 Å². The van der Waals surface area contributed by atoms with Crippen molar-refractivity contribution < 1.29 is 0 Å². The van der Waals surface area contributed by atoms with Gasteiger partial charge in [-0.1, -0.05) is 53.5 Å². The molecule has 1 heteroatoms. The summed E-state index contributed by atoms with van der Waals surface area (Å²) >= 11 is 2.24. The third-order valence-corrected chi connectivity index (χ3v) is 1.61. The van der Waals surface area contributed by atoms with Crippen molar-refractivity contribution in [2.75, 3.05) is 0 Å². The maximum Gasteiger partial charge on any atom is -0.0274 e. The van der Waals surface area contributed by atoms with Crippen molar-refractivity contribution in [3.8, 4) is 0 Å². The zero-order valence-corrected chi connectivity index (χ0v) is 8.25. The molecule has 0 radical (unpaired) electrons. The van der Waals surface area contributed by atoms with E-state index >= 15 is 0 Å². The summed E-state index contributed by atoms with van der Waals surface area (Å²) in [6, 6.07) is 0. The summed E-state index contributed by atoms with van der Waals surface area (Å²) in [5.74, 6) is 0. The molecule has 0 bridgehead atoms. The molecule has 0 unspecified atom stereocenters. The minimum atomic E-state index is 1.16. The monoisotopic (exact) mass is 248 g/mol. The Morgan fingerprint density at radius 1 is 1.20 bits per heavy atom. The lowest BCUT2D eigenvalue weighted by molar-refractivity contribution is 0.869. The van der Waals surface area contributed by atoms with Crippen LogP contribution in [0, 0.1) is 0 Å². The van der Waals surface area contributed by atoms with Gasteiger partial charge in [-0.05, 0) is 23.3 Å². The maximum atomic E-state index is 3.59. The van der Waals surface area contributed by atoms with Gasteiger partial charge >= 0.3 is 0 Å². The molecule has 0 aromatic carbocycles. The first-order chi connectivity index (χ1) is 4.91. The zero-order chi connectivity index (χ0) is 7.66. The van der Waals surface area contributed by atoms with Crippen LogP contribution in [-0.4, -0.2) is 0 Å². The second-order valence-corrected chi connectivity index (χ2v) is 2.68. The lowest BCUT2D eigenvalue weighted by Crippen LogP contribution is -1.66. The summed E-state index contributed by atoms with van der Waals surface area (Å²) in [6.45, 7) is 3.59. The molecule has 56 valence electrons. The molecule has 0 aliphatic rings. The Hall–Kier alpha value is -0.0500. The Morgan fingerprint density at radius 3 is 2.50 bits per heavy atom. The first-order valence-corrected chi connectivity index (χ1v) is 4.69. The zero-order valence-electron chi connectivity index (χ0n) is 6.09. The first-order valence-electron chi connectivity index (χ1n) is 3.44.